The van der Waals surface area contributed by atoms with Crippen LogP contribution in [0.3, 0.4) is 0 Å². The van der Waals surface area contributed by atoms with Crippen LogP contribution in [0.4, 0.5) is 0 Å². The largest absolute Gasteiger partial charge is 0.279 e. The molecule has 0 radical (unpaired) electrons. The molecule has 2 heterocycles. The Hall–Kier alpha value is -3.02. The predicted octanol–water partition coefficient (Wildman–Crippen LogP) is 5.14. The lowest BCUT2D eigenvalue weighted by atomic mass is 9.49. The van der Waals surface area contributed by atoms with Gasteiger partial charge in [-0.25, -0.2) is 0 Å². The molecule has 7 unspecified atom stereocenters. The molecule has 0 aromatic heterocycles. The molecule has 3 saturated carbocycles. The van der Waals surface area contributed by atoms with Crippen LogP contribution in [0.5, 0.6) is 0 Å². The van der Waals surface area contributed by atoms with Crippen molar-refractivity contribution in [1.29, 1.82) is 0 Å². The number of hydrogen-bond acceptors (Lipinski definition) is 4. The van der Waals surface area contributed by atoms with Crippen molar-refractivity contribution in [2.45, 2.75) is 82.7 Å². The Morgan fingerprint density at radius 2 is 1.15 bits per heavy atom. The fourth-order valence-electron chi connectivity index (χ4n) is 9.96. The lowest BCUT2D eigenvalue weighted by Crippen LogP contribution is -2.51. The van der Waals surface area contributed by atoms with Crippen LogP contribution in [0.1, 0.15) is 76.2 Å². The van der Waals surface area contributed by atoms with Crippen molar-refractivity contribution in [3.8, 4) is 0 Å². The Balaban J connectivity index is 1.24. The molecule has 7 atom stereocenters. The maximum Gasteiger partial charge on any atom is 0.234 e. The van der Waals surface area contributed by atoms with Crippen molar-refractivity contribution in [2.75, 3.05) is 0 Å². The molecule has 9 rings (SSSR count). The molecular weight excluding hydrogens is 500 g/mol. The van der Waals surface area contributed by atoms with Crippen molar-refractivity contribution in [2.24, 2.45) is 41.4 Å². The van der Waals surface area contributed by atoms with Crippen LogP contribution in [0, 0.1) is 41.4 Å². The number of carbonyl (C=O) groups excluding carboxylic acids is 4. The topological polar surface area (TPSA) is 74.8 Å². The first-order chi connectivity index (χ1) is 19.6. The number of amides is 4. The van der Waals surface area contributed by atoms with Crippen molar-refractivity contribution in [3.05, 3.63) is 53.6 Å². The molecule has 1 aromatic rings. The van der Waals surface area contributed by atoms with E-state index in [1.807, 2.05) is 18.2 Å². The molecule has 2 bridgehead atoms. The lowest BCUT2D eigenvalue weighted by molar-refractivity contribution is -0.145. The molecule has 0 N–H and O–H groups in total. The second-order valence-corrected chi connectivity index (χ2v) is 13.4. The number of benzene rings is 1. The molecule has 8 aliphatic rings. The van der Waals surface area contributed by atoms with Gasteiger partial charge < -0.3 is 0 Å². The summed E-state index contributed by atoms with van der Waals surface area (Å²) in [7, 11) is 0. The van der Waals surface area contributed by atoms with Crippen molar-refractivity contribution < 1.29 is 19.2 Å². The second kappa shape index (κ2) is 9.25. The van der Waals surface area contributed by atoms with Gasteiger partial charge in [-0.3, -0.25) is 29.0 Å². The second-order valence-electron chi connectivity index (χ2n) is 13.4. The summed E-state index contributed by atoms with van der Waals surface area (Å²) in [4.78, 5) is 59.8. The van der Waals surface area contributed by atoms with Crippen LogP contribution in [0.2, 0.25) is 0 Å². The third kappa shape index (κ3) is 3.34. The van der Waals surface area contributed by atoms with Gasteiger partial charge in [0.2, 0.25) is 23.6 Å². The number of nitrogens with zero attached hydrogens (tertiary/aromatic N) is 2. The van der Waals surface area contributed by atoms with Gasteiger partial charge in [0.25, 0.3) is 0 Å². The molecule has 0 spiro atoms. The fourth-order valence-corrected chi connectivity index (χ4v) is 9.96. The van der Waals surface area contributed by atoms with E-state index in [2.05, 4.69) is 24.3 Å². The van der Waals surface area contributed by atoms with Crippen LogP contribution in [0.15, 0.2) is 48.1 Å². The standard InChI is InChI=1S/C34H38N2O4/c37-31-25-18-24(19-10-4-1-5-11-19)26-22-16-17-23(27(26)30(25)34(40)35(31)20-12-6-2-7-13-20)29-28(22)32(38)36(33(29)39)21-14-8-3-9-15-21/h1,4-5,10-11,16-17,20-23,25,27-30H,2-3,6-9,12-15,18H2. The quantitative estimate of drug-likeness (QED) is 0.394. The average Bonchev–Trinajstić information content (AvgIpc) is 3.43. The molecule has 6 nitrogen and oxygen atoms in total. The Labute approximate surface area is 235 Å². The Morgan fingerprint density at radius 1 is 0.575 bits per heavy atom. The van der Waals surface area contributed by atoms with Crippen LogP contribution in [-0.4, -0.2) is 45.5 Å². The molecule has 2 aliphatic heterocycles. The summed E-state index contributed by atoms with van der Waals surface area (Å²) in [6.07, 6.45) is 15.0. The number of rotatable bonds is 3. The monoisotopic (exact) mass is 538 g/mol. The van der Waals surface area contributed by atoms with Crippen molar-refractivity contribution >= 4 is 29.2 Å². The number of likely N-dealkylation sites (tertiary alicyclic amines) is 2. The van der Waals surface area contributed by atoms with Gasteiger partial charge in [0.05, 0.1) is 23.7 Å². The number of fused-ring (bicyclic) bond motifs is 1. The first-order valence-electron chi connectivity index (χ1n) is 15.8. The number of imide groups is 2. The van der Waals surface area contributed by atoms with E-state index in [-0.39, 0.29) is 65.3 Å². The van der Waals surface area contributed by atoms with Gasteiger partial charge in [-0.1, -0.05) is 86.6 Å². The highest BCUT2D eigenvalue weighted by Gasteiger charge is 2.67. The minimum atomic E-state index is -0.429. The van der Waals surface area contributed by atoms with Crippen LogP contribution in [-0.2, 0) is 19.2 Å². The molecule has 5 fully saturated rings. The van der Waals surface area contributed by atoms with E-state index in [1.54, 1.807) is 9.80 Å². The first-order valence-corrected chi connectivity index (χ1v) is 15.8. The Bertz CT molecular complexity index is 1330. The summed E-state index contributed by atoms with van der Waals surface area (Å²) in [5.74, 6) is -2.26. The molecule has 4 amide bonds. The summed E-state index contributed by atoms with van der Waals surface area (Å²) in [6, 6.07) is 10.2. The number of allylic oxidation sites excluding steroid dienone is 4. The summed E-state index contributed by atoms with van der Waals surface area (Å²) in [5, 5.41) is 0. The smallest absolute Gasteiger partial charge is 0.234 e. The van der Waals surface area contributed by atoms with Crippen LogP contribution < -0.4 is 0 Å². The SMILES string of the molecule is O=C1C2CC(c3ccccc3)=C3C4C=CC(C5C(=O)N(C6CCCCC6)C(=O)C45)C3C2C(=O)N1C1CCCCC1. The van der Waals surface area contributed by atoms with Crippen LogP contribution in [0.25, 0.3) is 5.57 Å². The van der Waals surface area contributed by atoms with E-state index in [1.165, 1.54) is 12.0 Å². The molecule has 1 aromatic carbocycles. The molecule has 6 heteroatoms. The van der Waals surface area contributed by atoms with E-state index in [0.717, 1.165) is 68.9 Å². The number of carbonyl (C=O) groups is 4. The van der Waals surface area contributed by atoms with E-state index in [9.17, 15) is 19.2 Å². The van der Waals surface area contributed by atoms with E-state index in [4.69, 9.17) is 0 Å². The van der Waals surface area contributed by atoms with Gasteiger partial charge >= 0.3 is 0 Å². The summed E-state index contributed by atoms with van der Waals surface area (Å²) >= 11 is 0. The van der Waals surface area contributed by atoms with Crippen molar-refractivity contribution in [1.82, 2.24) is 9.80 Å². The lowest BCUT2D eigenvalue weighted by Gasteiger charge is -2.51. The average molecular weight is 539 g/mol. The third-order valence-electron chi connectivity index (χ3n) is 11.6. The minimum Gasteiger partial charge on any atom is -0.279 e. The van der Waals surface area contributed by atoms with Gasteiger partial charge in [0.15, 0.2) is 0 Å². The normalized spacial score (nSPS) is 37.9. The van der Waals surface area contributed by atoms with E-state index >= 15 is 0 Å². The van der Waals surface area contributed by atoms with E-state index in [0.29, 0.717) is 6.42 Å². The zero-order chi connectivity index (χ0) is 27.1. The van der Waals surface area contributed by atoms with Crippen molar-refractivity contribution in [3.63, 3.8) is 0 Å². The highest BCUT2D eigenvalue weighted by molar-refractivity contribution is 6.09. The summed E-state index contributed by atoms with van der Waals surface area (Å²) < 4.78 is 0. The maximum atomic E-state index is 14.3. The Morgan fingerprint density at radius 3 is 1.80 bits per heavy atom. The summed E-state index contributed by atoms with van der Waals surface area (Å²) in [5.41, 5.74) is 3.38. The van der Waals surface area contributed by atoms with Gasteiger partial charge in [0.1, 0.15) is 0 Å². The molecular formula is C34H38N2O4. The van der Waals surface area contributed by atoms with E-state index < -0.39 is 11.8 Å². The highest BCUT2D eigenvalue weighted by Crippen LogP contribution is 2.63. The predicted molar refractivity (Wildman–Crippen MR) is 149 cm³/mol. The molecule has 40 heavy (non-hydrogen) atoms. The molecule has 208 valence electrons. The van der Waals surface area contributed by atoms with Gasteiger partial charge in [-0.15, -0.1) is 0 Å². The first kappa shape index (κ1) is 24.8. The summed E-state index contributed by atoms with van der Waals surface area (Å²) in [6.45, 7) is 0. The highest BCUT2D eigenvalue weighted by atomic mass is 16.2. The Kier molecular flexibility index (Phi) is 5.72. The molecule has 2 saturated heterocycles. The zero-order valence-electron chi connectivity index (χ0n) is 23.0. The minimum absolute atomic E-state index is 0.000563. The van der Waals surface area contributed by atoms with Gasteiger partial charge in [-0.2, -0.15) is 0 Å². The maximum absolute atomic E-state index is 14.3. The fraction of sp³-hybridized carbons (Fsp3) is 0.588. The van der Waals surface area contributed by atoms with Crippen LogP contribution >= 0.6 is 0 Å². The molecule has 6 aliphatic carbocycles. The number of hydrogen-bond donors (Lipinski definition) is 0. The zero-order valence-corrected chi connectivity index (χ0v) is 23.0. The van der Waals surface area contributed by atoms with Gasteiger partial charge in [-0.05, 0) is 49.2 Å². The third-order valence-corrected chi connectivity index (χ3v) is 11.6. The van der Waals surface area contributed by atoms with Gasteiger partial charge in [0, 0.05) is 23.9 Å².